The average molecular weight is 203 g/mol. The molecule has 0 aliphatic rings. The van der Waals surface area contributed by atoms with Crippen molar-refractivity contribution < 1.29 is 14.7 Å². The maximum atomic E-state index is 10.3. The van der Waals surface area contributed by atoms with Crippen LogP contribution >= 0.6 is 0 Å². The van der Waals surface area contributed by atoms with E-state index in [4.69, 9.17) is 16.6 Å². The second kappa shape index (κ2) is 7.28. The predicted molar refractivity (Wildman–Crippen MR) is 51.5 cm³/mol. The fourth-order valence-corrected chi connectivity index (χ4v) is 0.949. The maximum Gasteiger partial charge on any atom is 0.320 e. The van der Waals surface area contributed by atoms with Gasteiger partial charge in [-0.05, 0) is 19.4 Å². The molecule has 0 aliphatic carbocycles. The lowest BCUT2D eigenvalue weighted by molar-refractivity contribution is -0.138. The van der Waals surface area contributed by atoms with Gasteiger partial charge in [-0.15, -0.1) is 0 Å². The Morgan fingerprint density at radius 2 is 2.00 bits per heavy atom. The minimum absolute atomic E-state index is 0.158. The summed E-state index contributed by atoms with van der Waals surface area (Å²) in [6.07, 6.45) is 1.96. The van der Waals surface area contributed by atoms with E-state index in [2.05, 4.69) is 5.32 Å². The summed E-state index contributed by atoms with van der Waals surface area (Å²) >= 11 is 0. The summed E-state index contributed by atoms with van der Waals surface area (Å²) in [5.74, 6) is -1.37. The van der Waals surface area contributed by atoms with Crippen molar-refractivity contribution in [2.75, 3.05) is 13.1 Å². The molecular formula is C8H17N3O3. The third-order valence-electron chi connectivity index (χ3n) is 1.74. The van der Waals surface area contributed by atoms with Gasteiger partial charge in [0.1, 0.15) is 6.04 Å². The van der Waals surface area contributed by atoms with E-state index in [0.29, 0.717) is 13.0 Å². The van der Waals surface area contributed by atoms with E-state index in [-0.39, 0.29) is 6.54 Å². The average Bonchev–Trinajstić information content (AvgIpc) is 2.09. The molecule has 0 aliphatic heterocycles. The number of carboxylic acids is 1. The molecule has 14 heavy (non-hydrogen) atoms. The van der Waals surface area contributed by atoms with Gasteiger partial charge in [0, 0.05) is 0 Å². The first-order valence-electron chi connectivity index (χ1n) is 4.51. The van der Waals surface area contributed by atoms with Crippen LogP contribution in [0.2, 0.25) is 0 Å². The molecule has 0 rings (SSSR count). The largest absolute Gasteiger partial charge is 0.480 e. The number of rotatable bonds is 8. The monoisotopic (exact) mass is 203 g/mol. The second-order valence-corrected chi connectivity index (χ2v) is 3.08. The van der Waals surface area contributed by atoms with Crippen molar-refractivity contribution in [2.24, 2.45) is 11.5 Å². The van der Waals surface area contributed by atoms with E-state index in [1.807, 2.05) is 0 Å². The first-order valence-corrected chi connectivity index (χ1v) is 4.51. The summed E-state index contributed by atoms with van der Waals surface area (Å²) in [6.45, 7) is 0.806. The van der Waals surface area contributed by atoms with Crippen LogP contribution in [-0.4, -0.2) is 36.1 Å². The molecular weight excluding hydrogens is 186 g/mol. The lowest BCUT2D eigenvalue weighted by Crippen LogP contribution is -2.31. The molecule has 0 aromatic heterocycles. The van der Waals surface area contributed by atoms with Gasteiger partial charge in [0.25, 0.3) is 0 Å². The minimum atomic E-state index is -0.977. The number of aliphatic carboxylic acids is 1. The molecule has 0 fully saturated rings. The van der Waals surface area contributed by atoms with Gasteiger partial charge < -0.3 is 21.9 Å². The molecule has 1 atom stereocenters. The van der Waals surface area contributed by atoms with E-state index < -0.39 is 17.9 Å². The molecule has 82 valence electrons. The lowest BCUT2D eigenvalue weighted by Gasteiger charge is -2.05. The zero-order valence-electron chi connectivity index (χ0n) is 8.03. The van der Waals surface area contributed by atoms with Gasteiger partial charge in [-0.2, -0.15) is 0 Å². The number of nitrogens with one attached hydrogen (secondary N) is 1. The number of hydrogen-bond acceptors (Lipinski definition) is 4. The van der Waals surface area contributed by atoms with Crippen LogP contribution in [0.15, 0.2) is 0 Å². The molecule has 0 bridgehead atoms. The molecule has 0 saturated carbocycles. The third kappa shape index (κ3) is 7.51. The smallest absolute Gasteiger partial charge is 0.320 e. The highest BCUT2D eigenvalue weighted by Crippen LogP contribution is 1.97. The Kier molecular flexibility index (Phi) is 6.69. The van der Waals surface area contributed by atoms with E-state index in [9.17, 15) is 9.59 Å². The van der Waals surface area contributed by atoms with Crippen LogP contribution in [0.1, 0.15) is 19.3 Å². The van der Waals surface area contributed by atoms with Crippen LogP contribution in [-0.2, 0) is 9.59 Å². The fraction of sp³-hybridized carbons (Fsp3) is 0.750. The normalized spacial score (nSPS) is 12.4. The molecule has 0 radical (unpaired) electrons. The van der Waals surface area contributed by atoms with Crippen molar-refractivity contribution in [3.63, 3.8) is 0 Å². The quantitative estimate of drug-likeness (QED) is 0.363. The number of nitrogens with two attached hydrogens (primary N) is 2. The molecule has 6 heteroatoms. The first-order chi connectivity index (χ1) is 6.54. The number of carboxylic acid groups (broad SMARTS) is 1. The summed E-state index contributed by atoms with van der Waals surface area (Å²) in [6, 6.07) is -0.786. The molecule has 0 heterocycles. The molecule has 0 saturated heterocycles. The number of carbonyl (C=O) groups excluding carboxylic acids is 1. The zero-order valence-corrected chi connectivity index (χ0v) is 8.03. The summed E-state index contributed by atoms with van der Waals surface area (Å²) in [7, 11) is 0. The molecule has 6 nitrogen and oxygen atoms in total. The van der Waals surface area contributed by atoms with Gasteiger partial charge in [0.2, 0.25) is 5.91 Å². The Hall–Kier alpha value is -1.14. The van der Waals surface area contributed by atoms with Crippen molar-refractivity contribution in [3.05, 3.63) is 0 Å². The Labute approximate surface area is 82.6 Å². The number of unbranched alkanes of at least 4 members (excludes halogenated alkanes) is 1. The van der Waals surface area contributed by atoms with Gasteiger partial charge in [0.05, 0.1) is 6.54 Å². The number of amides is 1. The molecule has 1 unspecified atom stereocenters. The number of primary amides is 1. The van der Waals surface area contributed by atoms with Crippen LogP contribution in [0.4, 0.5) is 0 Å². The van der Waals surface area contributed by atoms with Crippen molar-refractivity contribution in [3.8, 4) is 0 Å². The van der Waals surface area contributed by atoms with Gasteiger partial charge >= 0.3 is 5.97 Å². The van der Waals surface area contributed by atoms with Crippen molar-refractivity contribution >= 4 is 11.9 Å². The maximum absolute atomic E-state index is 10.3. The summed E-state index contributed by atoms with van der Waals surface area (Å²) < 4.78 is 0. The second-order valence-electron chi connectivity index (χ2n) is 3.08. The zero-order chi connectivity index (χ0) is 11.0. The highest BCUT2D eigenvalue weighted by molar-refractivity contribution is 5.75. The molecule has 1 amide bonds. The molecule has 6 N–H and O–H groups in total. The number of hydrogen-bond donors (Lipinski definition) is 4. The van der Waals surface area contributed by atoms with Crippen LogP contribution in [0.5, 0.6) is 0 Å². The Bertz CT molecular complexity index is 196. The predicted octanol–water partition coefficient (Wildman–Crippen LogP) is -1.36. The topological polar surface area (TPSA) is 118 Å². The minimum Gasteiger partial charge on any atom is -0.480 e. The highest BCUT2D eigenvalue weighted by atomic mass is 16.4. The van der Waals surface area contributed by atoms with Gasteiger partial charge in [-0.1, -0.05) is 6.42 Å². The summed E-state index contributed by atoms with van der Waals surface area (Å²) in [4.78, 5) is 20.6. The number of carbonyl (C=O) groups is 2. The van der Waals surface area contributed by atoms with Gasteiger partial charge in [0.15, 0.2) is 0 Å². The van der Waals surface area contributed by atoms with Crippen molar-refractivity contribution in [1.29, 1.82) is 0 Å². The van der Waals surface area contributed by atoms with Crippen LogP contribution in [0, 0.1) is 0 Å². The van der Waals surface area contributed by atoms with Crippen molar-refractivity contribution in [1.82, 2.24) is 5.32 Å². The Balaban J connectivity index is 3.21. The molecule has 0 aromatic carbocycles. The van der Waals surface area contributed by atoms with Crippen LogP contribution < -0.4 is 16.8 Å². The first kappa shape index (κ1) is 12.9. The van der Waals surface area contributed by atoms with Crippen LogP contribution in [0.25, 0.3) is 0 Å². The molecule has 0 aromatic rings. The SMILES string of the molecule is NC(=O)CNCCCCC(N)C(=O)O. The van der Waals surface area contributed by atoms with Crippen molar-refractivity contribution in [2.45, 2.75) is 25.3 Å². The lowest BCUT2D eigenvalue weighted by atomic mass is 10.1. The Morgan fingerprint density at radius 3 is 2.50 bits per heavy atom. The van der Waals surface area contributed by atoms with Crippen LogP contribution in [0.3, 0.4) is 0 Å². The van der Waals surface area contributed by atoms with E-state index in [0.717, 1.165) is 12.8 Å². The Morgan fingerprint density at radius 1 is 1.36 bits per heavy atom. The molecule has 0 spiro atoms. The van der Waals surface area contributed by atoms with E-state index in [1.54, 1.807) is 0 Å². The van der Waals surface area contributed by atoms with Gasteiger partial charge in [-0.3, -0.25) is 9.59 Å². The summed E-state index contributed by atoms with van der Waals surface area (Å²) in [5, 5.41) is 11.3. The summed E-state index contributed by atoms with van der Waals surface area (Å²) in [5.41, 5.74) is 10.2. The standard InChI is InChI=1S/C8H17N3O3/c9-6(8(13)14)3-1-2-4-11-5-7(10)12/h6,11H,1-5,9H2,(H2,10,12)(H,13,14). The van der Waals surface area contributed by atoms with E-state index >= 15 is 0 Å². The van der Waals surface area contributed by atoms with Gasteiger partial charge in [-0.25, -0.2) is 0 Å². The van der Waals surface area contributed by atoms with E-state index in [1.165, 1.54) is 0 Å². The fourth-order valence-electron chi connectivity index (χ4n) is 0.949. The highest BCUT2D eigenvalue weighted by Gasteiger charge is 2.09. The third-order valence-corrected chi connectivity index (χ3v) is 1.74.